The highest BCUT2D eigenvalue weighted by molar-refractivity contribution is 7.13. The van der Waals surface area contributed by atoms with E-state index in [4.69, 9.17) is 9.47 Å². The van der Waals surface area contributed by atoms with E-state index in [1.54, 1.807) is 14.2 Å². The van der Waals surface area contributed by atoms with Gasteiger partial charge < -0.3 is 14.8 Å². The van der Waals surface area contributed by atoms with Crippen LogP contribution < -0.4 is 14.8 Å². The number of benzene rings is 2. The molecule has 0 saturated carbocycles. The average Bonchev–Trinajstić information content (AvgIpc) is 3.06. The summed E-state index contributed by atoms with van der Waals surface area (Å²) in [5, 5.41) is 3.89. The van der Waals surface area contributed by atoms with Crippen molar-refractivity contribution >= 4 is 17.2 Å². The first kappa shape index (κ1) is 18.9. The molecule has 0 bridgehead atoms. The highest BCUT2D eigenvalue weighted by Crippen LogP contribution is 2.25. The predicted octanol–water partition coefficient (Wildman–Crippen LogP) is 3.99. The van der Waals surface area contributed by atoms with Gasteiger partial charge in [-0.3, -0.25) is 4.79 Å². The van der Waals surface area contributed by atoms with E-state index >= 15 is 0 Å². The highest BCUT2D eigenvalue weighted by Gasteiger charge is 2.16. The van der Waals surface area contributed by atoms with E-state index < -0.39 is 0 Å². The number of carbonyl (C=O) groups excluding carboxylic acids is 1. The van der Waals surface area contributed by atoms with Crippen molar-refractivity contribution in [2.45, 2.75) is 19.9 Å². The molecule has 1 heterocycles. The topological polar surface area (TPSA) is 60.5 Å². The molecular formula is C21H22N2O3S. The number of rotatable bonds is 7. The summed E-state index contributed by atoms with van der Waals surface area (Å²) in [6.07, 6.45) is 0.726. The molecule has 0 radical (unpaired) electrons. The molecule has 3 aromatic rings. The fourth-order valence-electron chi connectivity index (χ4n) is 2.78. The normalized spacial score (nSPS) is 10.5. The third-order valence-corrected chi connectivity index (χ3v) is 5.33. The molecule has 0 unspecified atom stereocenters. The van der Waals surface area contributed by atoms with Gasteiger partial charge in [0.25, 0.3) is 5.91 Å². The Hall–Kier alpha value is -2.86. The molecule has 0 aliphatic carbocycles. The molecule has 0 aliphatic rings. The number of nitrogens with zero attached hydrogens (tertiary/aromatic N) is 1. The van der Waals surface area contributed by atoms with Crippen molar-refractivity contribution in [2.75, 3.05) is 14.2 Å². The van der Waals surface area contributed by atoms with Gasteiger partial charge in [-0.1, -0.05) is 30.3 Å². The van der Waals surface area contributed by atoms with E-state index in [-0.39, 0.29) is 5.91 Å². The monoisotopic (exact) mass is 382 g/mol. The van der Waals surface area contributed by atoms with E-state index in [9.17, 15) is 4.79 Å². The number of amides is 1. The van der Waals surface area contributed by atoms with Crippen LogP contribution in [-0.2, 0) is 13.0 Å². The van der Waals surface area contributed by atoms with Gasteiger partial charge >= 0.3 is 0 Å². The lowest BCUT2D eigenvalue weighted by Crippen LogP contribution is -2.22. The molecule has 1 aromatic heterocycles. The van der Waals surface area contributed by atoms with Gasteiger partial charge in [-0.05, 0) is 30.7 Å². The number of carbonyl (C=O) groups is 1. The molecule has 1 amide bonds. The summed E-state index contributed by atoms with van der Waals surface area (Å²) in [6.45, 7) is 2.22. The second-order valence-electron chi connectivity index (χ2n) is 6.04. The minimum absolute atomic E-state index is 0.130. The van der Waals surface area contributed by atoms with Gasteiger partial charge in [-0.25, -0.2) is 4.98 Å². The van der Waals surface area contributed by atoms with Crippen molar-refractivity contribution in [3.05, 3.63) is 75.2 Å². The third-order valence-electron chi connectivity index (χ3n) is 4.17. The number of methoxy groups -OCH3 is 2. The van der Waals surface area contributed by atoms with Crippen LogP contribution in [0.2, 0.25) is 0 Å². The Bertz CT molecular complexity index is 922. The Morgan fingerprint density at radius 2 is 1.89 bits per heavy atom. The van der Waals surface area contributed by atoms with Gasteiger partial charge in [0.2, 0.25) is 0 Å². The molecule has 0 aliphatic heterocycles. The summed E-state index contributed by atoms with van der Waals surface area (Å²) in [4.78, 5) is 17.8. The van der Waals surface area contributed by atoms with Gasteiger partial charge in [0.15, 0.2) is 0 Å². The van der Waals surface area contributed by atoms with Crippen molar-refractivity contribution in [1.82, 2.24) is 10.3 Å². The maximum atomic E-state index is 12.6. The lowest BCUT2D eigenvalue weighted by molar-refractivity contribution is 0.0954. The van der Waals surface area contributed by atoms with E-state index in [0.717, 1.165) is 28.4 Å². The number of ether oxygens (including phenoxy) is 2. The van der Waals surface area contributed by atoms with Crippen molar-refractivity contribution in [3.8, 4) is 11.5 Å². The molecule has 0 atom stereocenters. The minimum atomic E-state index is -0.130. The Kier molecular flexibility index (Phi) is 6.08. The van der Waals surface area contributed by atoms with Gasteiger partial charge in [0.05, 0.1) is 24.9 Å². The Balaban J connectivity index is 1.70. The molecule has 1 N–H and O–H groups in total. The van der Waals surface area contributed by atoms with Crippen LogP contribution in [0.25, 0.3) is 0 Å². The highest BCUT2D eigenvalue weighted by atomic mass is 32.1. The summed E-state index contributed by atoms with van der Waals surface area (Å²) < 4.78 is 10.6. The van der Waals surface area contributed by atoms with Crippen molar-refractivity contribution in [1.29, 1.82) is 0 Å². The second kappa shape index (κ2) is 8.68. The molecule has 0 fully saturated rings. The largest absolute Gasteiger partial charge is 0.497 e. The van der Waals surface area contributed by atoms with E-state index in [2.05, 4.69) is 22.4 Å². The zero-order valence-corrected chi connectivity index (χ0v) is 16.4. The van der Waals surface area contributed by atoms with Gasteiger partial charge in [-0.2, -0.15) is 0 Å². The number of aromatic nitrogens is 1. The first-order valence-electron chi connectivity index (χ1n) is 8.60. The van der Waals surface area contributed by atoms with Crippen LogP contribution in [0.3, 0.4) is 0 Å². The zero-order chi connectivity index (χ0) is 19.2. The Labute approximate surface area is 163 Å². The molecular weight excluding hydrogens is 360 g/mol. The quantitative estimate of drug-likeness (QED) is 0.671. The van der Waals surface area contributed by atoms with Gasteiger partial charge in [0.1, 0.15) is 16.4 Å². The molecule has 2 aromatic carbocycles. The molecule has 140 valence electrons. The minimum Gasteiger partial charge on any atom is -0.497 e. The third kappa shape index (κ3) is 4.65. The smallest absolute Gasteiger partial charge is 0.263 e. The lowest BCUT2D eigenvalue weighted by atomic mass is 10.2. The predicted molar refractivity (Wildman–Crippen MR) is 107 cm³/mol. The van der Waals surface area contributed by atoms with E-state index in [1.165, 1.54) is 16.9 Å². The van der Waals surface area contributed by atoms with E-state index in [0.29, 0.717) is 17.2 Å². The van der Waals surface area contributed by atoms with Crippen LogP contribution in [0.5, 0.6) is 11.5 Å². The van der Waals surface area contributed by atoms with Gasteiger partial charge in [-0.15, -0.1) is 11.3 Å². The van der Waals surface area contributed by atoms with Crippen molar-refractivity contribution in [2.24, 2.45) is 0 Å². The summed E-state index contributed by atoms with van der Waals surface area (Å²) in [6, 6.07) is 15.6. The van der Waals surface area contributed by atoms with Crippen LogP contribution in [0.15, 0.2) is 48.5 Å². The Morgan fingerprint density at radius 3 is 2.59 bits per heavy atom. The molecule has 6 heteroatoms. The summed E-state index contributed by atoms with van der Waals surface area (Å²) >= 11 is 1.44. The van der Waals surface area contributed by atoms with Crippen molar-refractivity contribution in [3.63, 3.8) is 0 Å². The second-order valence-corrected chi connectivity index (χ2v) is 7.13. The molecule has 3 rings (SSSR count). The average molecular weight is 382 g/mol. The fourth-order valence-corrected chi connectivity index (χ4v) is 3.80. The van der Waals surface area contributed by atoms with Crippen LogP contribution in [0, 0.1) is 6.92 Å². The molecule has 27 heavy (non-hydrogen) atoms. The van der Waals surface area contributed by atoms with E-state index in [1.807, 2.05) is 43.3 Å². The number of aryl methyl sites for hydroxylation is 1. The summed E-state index contributed by atoms with van der Waals surface area (Å²) in [5.41, 5.74) is 2.79. The molecule has 5 nitrogen and oxygen atoms in total. The van der Waals surface area contributed by atoms with Crippen LogP contribution in [0.1, 0.15) is 31.5 Å². The fraction of sp³-hybridized carbons (Fsp3) is 0.238. The number of hydrogen-bond donors (Lipinski definition) is 1. The zero-order valence-electron chi connectivity index (χ0n) is 15.6. The maximum Gasteiger partial charge on any atom is 0.263 e. The molecule has 0 spiro atoms. The van der Waals surface area contributed by atoms with Gasteiger partial charge in [0, 0.05) is 18.5 Å². The number of hydrogen-bond acceptors (Lipinski definition) is 5. The maximum absolute atomic E-state index is 12.6. The summed E-state index contributed by atoms with van der Waals surface area (Å²) in [5.74, 6) is 1.30. The SMILES string of the molecule is COc1ccc(OC)c(CNC(=O)c2sc(Cc3ccccc3)nc2C)c1. The first-order chi connectivity index (χ1) is 13.1. The summed E-state index contributed by atoms with van der Waals surface area (Å²) in [7, 11) is 3.22. The van der Waals surface area contributed by atoms with Crippen LogP contribution in [0.4, 0.5) is 0 Å². The van der Waals surface area contributed by atoms with Crippen LogP contribution in [-0.4, -0.2) is 25.1 Å². The number of nitrogens with one attached hydrogen (secondary N) is 1. The Morgan fingerprint density at radius 1 is 1.11 bits per heavy atom. The lowest BCUT2D eigenvalue weighted by Gasteiger charge is -2.11. The van der Waals surface area contributed by atoms with Crippen LogP contribution >= 0.6 is 11.3 Å². The standard InChI is InChI=1S/C21H22N2O3S/c1-14-20(27-19(23-14)11-15-7-5-4-6-8-15)21(24)22-13-16-12-17(25-2)9-10-18(16)26-3/h4-10,12H,11,13H2,1-3H3,(H,22,24). The van der Waals surface area contributed by atoms with Crippen molar-refractivity contribution < 1.29 is 14.3 Å². The first-order valence-corrected chi connectivity index (χ1v) is 9.41. The molecule has 0 saturated heterocycles. The number of thiazole rings is 1.